The minimum Gasteiger partial charge on any atom is -0.460 e. The van der Waals surface area contributed by atoms with Gasteiger partial charge in [0.25, 0.3) is 0 Å². The first-order chi connectivity index (χ1) is 10.4. The van der Waals surface area contributed by atoms with E-state index in [0.29, 0.717) is 5.56 Å². The molecule has 1 aromatic rings. The largest absolute Gasteiger partial charge is 0.460 e. The van der Waals surface area contributed by atoms with Gasteiger partial charge in [-0.25, -0.2) is 9.59 Å². The Balaban J connectivity index is 2.39. The number of carbonyl (C=O) groups excluding carboxylic acids is 3. The zero-order valence-electron chi connectivity index (χ0n) is 12.5. The van der Waals surface area contributed by atoms with Crippen LogP contribution in [0.4, 0.5) is 0 Å². The number of hydrogen-bond donors (Lipinski definition) is 0. The highest BCUT2D eigenvalue weighted by molar-refractivity contribution is 6.03. The van der Waals surface area contributed by atoms with Gasteiger partial charge in [-0.3, -0.25) is 4.79 Å². The SMILES string of the molecule is CCOC(=O)C1(C(=O)OCC)Oc2ccc(C(C)=O)cc2O1. The molecule has 0 N–H and O–H groups in total. The van der Waals surface area contributed by atoms with Crippen LogP contribution in [0.3, 0.4) is 0 Å². The number of Topliss-reactive ketones (excluding diaryl/α,β-unsaturated/α-hetero) is 1. The van der Waals surface area contributed by atoms with Gasteiger partial charge in [0, 0.05) is 5.56 Å². The molecule has 0 amide bonds. The van der Waals surface area contributed by atoms with Gasteiger partial charge in [0.1, 0.15) is 0 Å². The van der Waals surface area contributed by atoms with Crippen molar-refractivity contribution >= 4 is 17.7 Å². The van der Waals surface area contributed by atoms with Crippen molar-refractivity contribution in [3.63, 3.8) is 0 Å². The number of ether oxygens (including phenoxy) is 4. The summed E-state index contributed by atoms with van der Waals surface area (Å²) in [7, 11) is 0. The summed E-state index contributed by atoms with van der Waals surface area (Å²) >= 11 is 0. The monoisotopic (exact) mass is 308 g/mol. The second kappa shape index (κ2) is 6.05. The Bertz CT molecular complexity index is 602. The van der Waals surface area contributed by atoms with Gasteiger partial charge in [0.15, 0.2) is 17.3 Å². The van der Waals surface area contributed by atoms with Crippen LogP contribution in [0.5, 0.6) is 11.5 Å². The molecule has 0 spiro atoms. The van der Waals surface area contributed by atoms with Crippen molar-refractivity contribution in [1.29, 1.82) is 0 Å². The molecule has 22 heavy (non-hydrogen) atoms. The van der Waals surface area contributed by atoms with Crippen LogP contribution in [-0.2, 0) is 19.1 Å². The molecule has 0 radical (unpaired) electrons. The predicted molar refractivity (Wildman–Crippen MR) is 73.7 cm³/mol. The molecule has 0 aliphatic carbocycles. The zero-order valence-corrected chi connectivity index (χ0v) is 12.5. The third-order valence-corrected chi connectivity index (χ3v) is 2.95. The van der Waals surface area contributed by atoms with Crippen molar-refractivity contribution in [2.45, 2.75) is 26.6 Å². The van der Waals surface area contributed by atoms with E-state index >= 15 is 0 Å². The lowest BCUT2D eigenvalue weighted by Gasteiger charge is -2.22. The third-order valence-electron chi connectivity index (χ3n) is 2.95. The fourth-order valence-corrected chi connectivity index (χ4v) is 1.92. The average Bonchev–Trinajstić information content (AvgIpc) is 2.87. The number of carbonyl (C=O) groups is 3. The van der Waals surface area contributed by atoms with E-state index in [1.54, 1.807) is 13.8 Å². The third kappa shape index (κ3) is 2.61. The Hall–Kier alpha value is -2.57. The maximum Gasteiger partial charge on any atom is 0.453 e. The summed E-state index contributed by atoms with van der Waals surface area (Å²) in [6.07, 6.45) is 0. The fraction of sp³-hybridized carbons (Fsp3) is 0.400. The van der Waals surface area contributed by atoms with E-state index < -0.39 is 17.7 Å². The molecule has 7 heteroatoms. The summed E-state index contributed by atoms with van der Waals surface area (Å²) in [5, 5.41) is 0. The summed E-state index contributed by atoms with van der Waals surface area (Å²) in [4.78, 5) is 35.7. The Morgan fingerprint density at radius 2 is 1.55 bits per heavy atom. The van der Waals surface area contributed by atoms with Crippen LogP contribution in [0.1, 0.15) is 31.1 Å². The lowest BCUT2D eigenvalue weighted by molar-refractivity contribution is -0.202. The summed E-state index contributed by atoms with van der Waals surface area (Å²) in [6, 6.07) is 4.36. The Morgan fingerprint density at radius 3 is 2.05 bits per heavy atom. The first-order valence-electron chi connectivity index (χ1n) is 6.82. The number of fused-ring (bicyclic) bond motifs is 1. The molecule has 1 aliphatic rings. The maximum atomic E-state index is 12.1. The molecule has 1 heterocycles. The molecule has 1 aromatic carbocycles. The van der Waals surface area contributed by atoms with Crippen molar-refractivity contribution in [2.75, 3.05) is 13.2 Å². The van der Waals surface area contributed by atoms with Crippen molar-refractivity contribution in [3.05, 3.63) is 23.8 Å². The van der Waals surface area contributed by atoms with E-state index in [1.807, 2.05) is 0 Å². The van der Waals surface area contributed by atoms with Gasteiger partial charge in [-0.1, -0.05) is 0 Å². The molecule has 0 fully saturated rings. The van der Waals surface area contributed by atoms with E-state index in [0.717, 1.165) is 0 Å². The van der Waals surface area contributed by atoms with Crippen molar-refractivity contribution < 1.29 is 33.3 Å². The van der Waals surface area contributed by atoms with Crippen molar-refractivity contribution in [2.24, 2.45) is 0 Å². The highest BCUT2D eigenvalue weighted by Gasteiger charge is 2.59. The van der Waals surface area contributed by atoms with Gasteiger partial charge in [-0.2, -0.15) is 0 Å². The number of hydrogen-bond acceptors (Lipinski definition) is 7. The molecule has 0 saturated carbocycles. The molecule has 118 valence electrons. The van der Waals surface area contributed by atoms with E-state index in [1.165, 1.54) is 25.1 Å². The molecule has 1 aliphatic heterocycles. The van der Waals surface area contributed by atoms with Gasteiger partial charge in [0.2, 0.25) is 0 Å². The first kappa shape index (κ1) is 15.8. The van der Waals surface area contributed by atoms with Gasteiger partial charge in [0.05, 0.1) is 13.2 Å². The van der Waals surface area contributed by atoms with Crippen molar-refractivity contribution in [1.82, 2.24) is 0 Å². The highest BCUT2D eigenvalue weighted by atomic mass is 16.8. The van der Waals surface area contributed by atoms with E-state index in [9.17, 15) is 14.4 Å². The van der Waals surface area contributed by atoms with Gasteiger partial charge >= 0.3 is 17.7 Å². The number of benzene rings is 1. The number of rotatable bonds is 5. The standard InChI is InChI=1S/C15H16O7/c1-4-19-13(17)15(14(18)20-5-2)21-11-7-6-10(9(3)16)8-12(11)22-15/h6-8H,4-5H2,1-3H3. The molecular formula is C15H16O7. The summed E-state index contributed by atoms with van der Waals surface area (Å²) in [5.74, 6) is -4.26. The molecule has 0 bridgehead atoms. The van der Waals surface area contributed by atoms with E-state index in [2.05, 4.69) is 0 Å². The van der Waals surface area contributed by atoms with Gasteiger partial charge < -0.3 is 18.9 Å². The second-order valence-corrected chi connectivity index (χ2v) is 4.48. The smallest absolute Gasteiger partial charge is 0.453 e. The minimum atomic E-state index is -2.33. The quantitative estimate of drug-likeness (QED) is 0.462. The fourth-order valence-electron chi connectivity index (χ4n) is 1.92. The predicted octanol–water partition coefficient (Wildman–Crippen LogP) is 1.48. The zero-order chi connectivity index (χ0) is 16.3. The van der Waals surface area contributed by atoms with Crippen LogP contribution in [0.2, 0.25) is 0 Å². The molecular weight excluding hydrogens is 292 g/mol. The maximum absolute atomic E-state index is 12.1. The normalized spacial score (nSPS) is 14.3. The second-order valence-electron chi connectivity index (χ2n) is 4.48. The average molecular weight is 308 g/mol. The molecule has 2 rings (SSSR count). The van der Waals surface area contributed by atoms with Crippen LogP contribution in [0.15, 0.2) is 18.2 Å². The van der Waals surface area contributed by atoms with Gasteiger partial charge in [-0.05, 0) is 39.0 Å². The van der Waals surface area contributed by atoms with Crippen LogP contribution >= 0.6 is 0 Å². The van der Waals surface area contributed by atoms with Crippen LogP contribution < -0.4 is 9.47 Å². The Kier molecular flexibility index (Phi) is 4.35. The topological polar surface area (TPSA) is 88.1 Å². The minimum absolute atomic E-state index is 0.0434. The molecule has 0 aromatic heterocycles. The molecule has 0 saturated heterocycles. The Morgan fingerprint density at radius 1 is 1.00 bits per heavy atom. The van der Waals surface area contributed by atoms with Crippen LogP contribution in [0, 0.1) is 0 Å². The lowest BCUT2D eigenvalue weighted by Crippen LogP contribution is -2.55. The summed E-state index contributed by atoms with van der Waals surface area (Å²) in [6.45, 7) is 4.66. The molecule has 7 nitrogen and oxygen atoms in total. The highest BCUT2D eigenvalue weighted by Crippen LogP contribution is 2.41. The molecule has 0 unspecified atom stereocenters. The lowest BCUT2D eigenvalue weighted by atomic mass is 10.1. The summed E-state index contributed by atoms with van der Waals surface area (Å²) in [5.41, 5.74) is 0.367. The van der Waals surface area contributed by atoms with Crippen LogP contribution in [-0.4, -0.2) is 36.7 Å². The number of ketones is 1. The van der Waals surface area contributed by atoms with Crippen LogP contribution in [0.25, 0.3) is 0 Å². The number of esters is 2. The van der Waals surface area contributed by atoms with Crippen molar-refractivity contribution in [3.8, 4) is 11.5 Å². The van der Waals surface area contributed by atoms with E-state index in [4.69, 9.17) is 18.9 Å². The Labute approximate surface area is 127 Å². The first-order valence-corrected chi connectivity index (χ1v) is 6.82. The summed E-state index contributed by atoms with van der Waals surface area (Å²) < 4.78 is 20.5. The van der Waals surface area contributed by atoms with Gasteiger partial charge in [-0.15, -0.1) is 0 Å². The van der Waals surface area contributed by atoms with E-state index in [-0.39, 0.29) is 30.5 Å². The molecule has 0 atom stereocenters.